The van der Waals surface area contributed by atoms with Crippen molar-refractivity contribution in [2.75, 3.05) is 13.2 Å². The third kappa shape index (κ3) is 4.24. The summed E-state index contributed by atoms with van der Waals surface area (Å²) in [5, 5.41) is 11.7. The van der Waals surface area contributed by atoms with Crippen LogP contribution in [0.3, 0.4) is 0 Å². The fourth-order valence-electron chi connectivity index (χ4n) is 1.66. The van der Waals surface area contributed by atoms with Crippen LogP contribution in [0.4, 0.5) is 0 Å². The molecule has 2 unspecified atom stereocenters. The van der Waals surface area contributed by atoms with Crippen LogP contribution < -0.4 is 5.32 Å². The molecule has 1 heterocycles. The van der Waals surface area contributed by atoms with E-state index in [2.05, 4.69) is 12.2 Å². The Labute approximate surface area is 78.3 Å². The van der Waals surface area contributed by atoms with Crippen molar-refractivity contribution in [1.82, 2.24) is 5.32 Å². The van der Waals surface area contributed by atoms with Gasteiger partial charge in [0, 0.05) is 12.1 Å². The Bertz CT molecular complexity index is 172. The van der Waals surface area contributed by atoms with Gasteiger partial charge < -0.3 is 15.2 Å². The van der Waals surface area contributed by atoms with E-state index in [9.17, 15) is 4.79 Å². The zero-order chi connectivity index (χ0) is 9.68. The molecule has 1 aliphatic heterocycles. The molecule has 2 atom stereocenters. The molecule has 1 saturated heterocycles. The summed E-state index contributed by atoms with van der Waals surface area (Å²) in [5.74, 6) is -0.899. The number of hydrogen-bond donors (Lipinski definition) is 2. The van der Waals surface area contributed by atoms with Crippen molar-refractivity contribution in [2.24, 2.45) is 0 Å². The van der Waals surface area contributed by atoms with Gasteiger partial charge in [0.2, 0.25) is 0 Å². The summed E-state index contributed by atoms with van der Waals surface area (Å²) in [6.07, 6.45) is 3.49. The van der Waals surface area contributed by atoms with Crippen molar-refractivity contribution in [3.63, 3.8) is 0 Å². The molecule has 4 heteroatoms. The molecule has 0 aliphatic carbocycles. The summed E-state index contributed by atoms with van der Waals surface area (Å²) < 4.78 is 5.02. The van der Waals surface area contributed by atoms with Gasteiger partial charge >= 0.3 is 5.97 Å². The Morgan fingerprint density at radius 3 is 3.00 bits per heavy atom. The van der Waals surface area contributed by atoms with Crippen LogP contribution in [0.25, 0.3) is 0 Å². The highest BCUT2D eigenvalue weighted by Crippen LogP contribution is 2.12. The lowest BCUT2D eigenvalue weighted by Crippen LogP contribution is -2.43. The molecule has 0 radical (unpaired) electrons. The van der Waals surface area contributed by atoms with Crippen LogP contribution in [0.5, 0.6) is 0 Å². The molecule has 0 spiro atoms. The second kappa shape index (κ2) is 5.19. The molecule has 0 aromatic heterocycles. The molecular formula is C9H17NO3. The minimum atomic E-state index is -0.899. The smallest absolute Gasteiger partial charge is 0.329 e. The molecule has 4 nitrogen and oxygen atoms in total. The first-order valence-corrected chi connectivity index (χ1v) is 4.74. The number of hydrogen-bond acceptors (Lipinski definition) is 3. The summed E-state index contributed by atoms with van der Waals surface area (Å²) >= 11 is 0. The van der Waals surface area contributed by atoms with E-state index in [1.165, 1.54) is 12.8 Å². The third-order valence-electron chi connectivity index (χ3n) is 2.25. The fourth-order valence-corrected chi connectivity index (χ4v) is 1.66. The maximum Gasteiger partial charge on any atom is 0.329 e. The first-order chi connectivity index (χ1) is 6.18. The van der Waals surface area contributed by atoms with Gasteiger partial charge in [-0.1, -0.05) is 6.42 Å². The van der Waals surface area contributed by atoms with Crippen LogP contribution >= 0.6 is 0 Å². The zero-order valence-electron chi connectivity index (χ0n) is 7.95. The van der Waals surface area contributed by atoms with E-state index in [4.69, 9.17) is 9.84 Å². The topological polar surface area (TPSA) is 58.6 Å². The Morgan fingerprint density at radius 1 is 1.62 bits per heavy atom. The van der Waals surface area contributed by atoms with Crippen LogP contribution in [0, 0.1) is 0 Å². The quantitative estimate of drug-likeness (QED) is 0.677. The van der Waals surface area contributed by atoms with Crippen LogP contribution in [0.1, 0.15) is 26.2 Å². The number of carboxylic acid groups (broad SMARTS) is 1. The Morgan fingerprint density at radius 2 is 2.38 bits per heavy atom. The minimum Gasteiger partial charge on any atom is -0.480 e. The van der Waals surface area contributed by atoms with Gasteiger partial charge in [0.15, 0.2) is 0 Å². The van der Waals surface area contributed by atoms with Gasteiger partial charge in [0.25, 0.3) is 0 Å². The van der Waals surface area contributed by atoms with Crippen LogP contribution in [0.2, 0.25) is 0 Å². The lowest BCUT2D eigenvalue weighted by atomic mass is 10.0. The van der Waals surface area contributed by atoms with Crippen LogP contribution in [-0.4, -0.2) is 36.4 Å². The van der Waals surface area contributed by atoms with Crippen molar-refractivity contribution >= 4 is 5.97 Å². The zero-order valence-corrected chi connectivity index (χ0v) is 7.95. The standard InChI is InChI=1S/C9H17NO3/c1-7-3-2-4-8(10-7)5-13-6-9(11)12/h7-8,10H,2-6H2,1H3,(H,11,12). The lowest BCUT2D eigenvalue weighted by molar-refractivity contribution is -0.142. The van der Waals surface area contributed by atoms with E-state index in [0.29, 0.717) is 18.7 Å². The van der Waals surface area contributed by atoms with Gasteiger partial charge in [0.1, 0.15) is 6.61 Å². The van der Waals surface area contributed by atoms with Gasteiger partial charge in [-0.25, -0.2) is 4.79 Å². The fraction of sp³-hybridized carbons (Fsp3) is 0.889. The molecule has 0 amide bonds. The van der Waals surface area contributed by atoms with E-state index in [1.54, 1.807) is 0 Å². The highest BCUT2D eigenvalue weighted by molar-refractivity contribution is 5.67. The predicted molar refractivity (Wildman–Crippen MR) is 48.7 cm³/mol. The molecule has 0 aromatic carbocycles. The normalized spacial score (nSPS) is 28.7. The van der Waals surface area contributed by atoms with Gasteiger partial charge in [-0.3, -0.25) is 0 Å². The van der Waals surface area contributed by atoms with Crippen molar-refractivity contribution in [3.8, 4) is 0 Å². The van der Waals surface area contributed by atoms with Crippen molar-refractivity contribution < 1.29 is 14.6 Å². The van der Waals surface area contributed by atoms with Gasteiger partial charge in [-0.05, 0) is 19.8 Å². The summed E-state index contributed by atoms with van der Waals surface area (Å²) in [7, 11) is 0. The van der Waals surface area contributed by atoms with Crippen molar-refractivity contribution in [3.05, 3.63) is 0 Å². The molecule has 1 fully saturated rings. The minimum absolute atomic E-state index is 0.188. The van der Waals surface area contributed by atoms with Crippen molar-refractivity contribution in [2.45, 2.75) is 38.3 Å². The first-order valence-electron chi connectivity index (χ1n) is 4.74. The number of aliphatic carboxylic acids is 1. The second-order valence-corrected chi connectivity index (χ2v) is 3.60. The maximum atomic E-state index is 10.2. The SMILES string of the molecule is CC1CCCC(COCC(=O)O)N1. The molecule has 76 valence electrons. The van der Waals surface area contributed by atoms with Gasteiger partial charge in [-0.15, -0.1) is 0 Å². The molecule has 0 bridgehead atoms. The number of rotatable bonds is 4. The third-order valence-corrected chi connectivity index (χ3v) is 2.25. The molecule has 1 rings (SSSR count). The van der Waals surface area contributed by atoms with Crippen LogP contribution in [-0.2, 0) is 9.53 Å². The second-order valence-electron chi connectivity index (χ2n) is 3.60. The number of piperidine rings is 1. The summed E-state index contributed by atoms with van der Waals surface area (Å²) in [6, 6.07) is 0.871. The lowest BCUT2D eigenvalue weighted by Gasteiger charge is -2.28. The highest BCUT2D eigenvalue weighted by Gasteiger charge is 2.17. The number of carboxylic acids is 1. The van der Waals surface area contributed by atoms with Gasteiger partial charge in [-0.2, -0.15) is 0 Å². The molecule has 2 N–H and O–H groups in total. The summed E-state index contributed by atoms with van der Waals surface area (Å²) in [4.78, 5) is 10.2. The Kier molecular flexibility index (Phi) is 4.18. The van der Waals surface area contributed by atoms with Crippen molar-refractivity contribution in [1.29, 1.82) is 0 Å². The maximum absolute atomic E-state index is 10.2. The monoisotopic (exact) mass is 187 g/mol. The number of carbonyl (C=O) groups is 1. The van der Waals surface area contributed by atoms with E-state index < -0.39 is 5.97 Å². The average Bonchev–Trinajstić information content (AvgIpc) is 2.03. The number of nitrogens with one attached hydrogen (secondary N) is 1. The van der Waals surface area contributed by atoms with Crippen LogP contribution in [0.15, 0.2) is 0 Å². The largest absolute Gasteiger partial charge is 0.480 e. The Hall–Kier alpha value is -0.610. The Balaban J connectivity index is 2.10. The first kappa shape index (κ1) is 10.5. The predicted octanol–water partition coefficient (Wildman–Crippen LogP) is 0.618. The molecule has 0 aromatic rings. The van der Waals surface area contributed by atoms with E-state index in [-0.39, 0.29) is 6.61 Å². The number of ether oxygens (including phenoxy) is 1. The average molecular weight is 187 g/mol. The highest BCUT2D eigenvalue weighted by atomic mass is 16.5. The van der Waals surface area contributed by atoms with E-state index in [1.807, 2.05) is 0 Å². The summed E-state index contributed by atoms with van der Waals surface area (Å²) in [5.41, 5.74) is 0. The molecule has 1 aliphatic rings. The van der Waals surface area contributed by atoms with E-state index >= 15 is 0 Å². The summed E-state index contributed by atoms with van der Waals surface area (Å²) in [6.45, 7) is 2.46. The van der Waals surface area contributed by atoms with Gasteiger partial charge in [0.05, 0.1) is 6.61 Å². The molecular weight excluding hydrogens is 170 g/mol. The molecule has 13 heavy (non-hydrogen) atoms. The molecule has 0 saturated carbocycles. The van der Waals surface area contributed by atoms with E-state index in [0.717, 1.165) is 6.42 Å².